The zero-order valence-electron chi connectivity index (χ0n) is 16.1. The fourth-order valence-electron chi connectivity index (χ4n) is 3.89. The molecule has 0 bridgehead atoms. The first-order valence-electron chi connectivity index (χ1n) is 9.22. The molecule has 0 radical (unpaired) electrons. The quantitative estimate of drug-likeness (QED) is 0.740. The van der Waals surface area contributed by atoms with Gasteiger partial charge in [-0.2, -0.15) is 5.10 Å². The van der Waals surface area contributed by atoms with Gasteiger partial charge in [0.1, 0.15) is 11.9 Å². The molecule has 4 rings (SSSR count). The van der Waals surface area contributed by atoms with Gasteiger partial charge in [-0.1, -0.05) is 48.0 Å². The molecule has 2 atom stereocenters. The Morgan fingerprint density at radius 2 is 1.86 bits per heavy atom. The van der Waals surface area contributed by atoms with Crippen molar-refractivity contribution in [3.63, 3.8) is 0 Å². The number of hydrogen-bond acceptors (Lipinski definition) is 3. The third-order valence-electron chi connectivity index (χ3n) is 5.16. The first-order valence-corrected chi connectivity index (χ1v) is 9.22. The van der Waals surface area contributed by atoms with Gasteiger partial charge in [0.2, 0.25) is 5.91 Å². The van der Waals surface area contributed by atoms with E-state index in [4.69, 9.17) is 0 Å². The van der Waals surface area contributed by atoms with E-state index in [0.717, 1.165) is 22.4 Å². The fourth-order valence-corrected chi connectivity index (χ4v) is 3.89. The van der Waals surface area contributed by atoms with E-state index in [1.807, 2.05) is 62.4 Å². The third kappa shape index (κ3) is 3.07. The Bertz CT molecular complexity index is 1060. The summed E-state index contributed by atoms with van der Waals surface area (Å²) in [5.41, 5.74) is 4.26. The molecule has 2 N–H and O–H groups in total. The molecule has 1 aromatic heterocycles. The van der Waals surface area contributed by atoms with Crippen LogP contribution in [0.25, 0.3) is 0 Å². The number of hydrogen-bond donors (Lipinski definition) is 2. The topological polar surface area (TPSA) is 76.0 Å². The van der Waals surface area contributed by atoms with E-state index in [2.05, 4.69) is 15.7 Å². The molecule has 0 aliphatic carbocycles. The Labute approximate surface area is 163 Å². The molecule has 1 aliphatic rings. The molecule has 0 unspecified atom stereocenters. The van der Waals surface area contributed by atoms with E-state index in [1.54, 1.807) is 17.8 Å². The highest BCUT2D eigenvalue weighted by Gasteiger charge is 2.41. The summed E-state index contributed by atoms with van der Waals surface area (Å²) < 4.78 is 1.68. The summed E-state index contributed by atoms with van der Waals surface area (Å²) in [7, 11) is 1.81. The largest absolute Gasteiger partial charge is 0.339 e. The summed E-state index contributed by atoms with van der Waals surface area (Å²) >= 11 is 0. The molecule has 0 spiro atoms. The van der Waals surface area contributed by atoms with Gasteiger partial charge in [0.15, 0.2) is 0 Å². The van der Waals surface area contributed by atoms with Crippen LogP contribution in [0.3, 0.4) is 0 Å². The maximum Gasteiger partial charge on any atom is 0.251 e. The molecule has 0 saturated carbocycles. The lowest BCUT2D eigenvalue weighted by Gasteiger charge is -2.32. The van der Waals surface area contributed by atoms with E-state index in [1.165, 1.54) is 0 Å². The number of aromatic nitrogens is 2. The molecule has 3 aromatic rings. The molecule has 2 heterocycles. The van der Waals surface area contributed by atoms with Crippen molar-refractivity contribution in [3.8, 4) is 0 Å². The molecule has 2 amide bonds. The van der Waals surface area contributed by atoms with Gasteiger partial charge < -0.3 is 10.6 Å². The second kappa shape index (κ2) is 6.96. The molecule has 0 saturated heterocycles. The molecule has 1 aliphatic heterocycles. The number of carbonyl (C=O) groups excluding carboxylic acids is 2. The van der Waals surface area contributed by atoms with Gasteiger partial charge >= 0.3 is 0 Å². The molecule has 6 nitrogen and oxygen atoms in total. The first kappa shape index (κ1) is 18.0. The number of anilines is 1. The van der Waals surface area contributed by atoms with E-state index < -0.39 is 6.04 Å². The van der Waals surface area contributed by atoms with Crippen molar-refractivity contribution in [3.05, 3.63) is 82.5 Å². The summed E-state index contributed by atoms with van der Waals surface area (Å²) in [5, 5.41) is 10.3. The van der Waals surface area contributed by atoms with Crippen LogP contribution in [0.4, 0.5) is 5.82 Å². The Kier molecular flexibility index (Phi) is 4.47. The number of aryl methyl sites for hydroxylation is 3. The molecule has 28 heavy (non-hydrogen) atoms. The van der Waals surface area contributed by atoms with E-state index >= 15 is 0 Å². The monoisotopic (exact) mass is 374 g/mol. The van der Waals surface area contributed by atoms with Crippen molar-refractivity contribution in [1.82, 2.24) is 15.1 Å². The van der Waals surface area contributed by atoms with Crippen LogP contribution in [0.2, 0.25) is 0 Å². The van der Waals surface area contributed by atoms with Crippen molar-refractivity contribution in [2.45, 2.75) is 25.8 Å². The van der Waals surface area contributed by atoms with E-state index in [-0.39, 0.29) is 17.7 Å². The zero-order chi connectivity index (χ0) is 19.8. The van der Waals surface area contributed by atoms with Gasteiger partial charge in [-0.25, -0.2) is 0 Å². The van der Waals surface area contributed by atoms with Crippen LogP contribution in [-0.4, -0.2) is 27.6 Å². The minimum atomic E-state index is -0.731. The Balaban J connectivity index is 1.77. The van der Waals surface area contributed by atoms with E-state index in [9.17, 15) is 9.59 Å². The van der Waals surface area contributed by atoms with Gasteiger partial charge in [0, 0.05) is 24.1 Å². The van der Waals surface area contributed by atoms with Gasteiger partial charge in [-0.05, 0) is 31.5 Å². The van der Waals surface area contributed by atoms with Crippen LogP contribution < -0.4 is 10.6 Å². The van der Waals surface area contributed by atoms with Crippen LogP contribution in [0, 0.1) is 13.8 Å². The lowest BCUT2D eigenvalue weighted by atomic mass is 9.82. The lowest BCUT2D eigenvalue weighted by molar-refractivity contribution is -0.118. The molecular formula is C22H22N4O2. The summed E-state index contributed by atoms with van der Waals surface area (Å²) in [4.78, 5) is 25.8. The predicted octanol–water partition coefficient (Wildman–Crippen LogP) is 2.92. The second-order valence-electron chi connectivity index (χ2n) is 7.17. The van der Waals surface area contributed by atoms with Crippen molar-refractivity contribution < 1.29 is 9.59 Å². The summed E-state index contributed by atoms with van der Waals surface area (Å²) in [6.07, 6.45) is 0. The van der Waals surface area contributed by atoms with Crippen LogP contribution in [0.1, 0.15) is 38.7 Å². The maximum atomic E-state index is 13.0. The first-order chi connectivity index (χ1) is 13.5. The van der Waals surface area contributed by atoms with Crippen LogP contribution in [0.5, 0.6) is 0 Å². The Hall–Kier alpha value is -3.41. The maximum absolute atomic E-state index is 13.0. The number of rotatable bonds is 3. The molecule has 6 heteroatoms. The molecular weight excluding hydrogens is 352 g/mol. The molecule has 142 valence electrons. The number of nitrogens with zero attached hydrogens (tertiary/aromatic N) is 2. The van der Waals surface area contributed by atoms with Gasteiger partial charge in [-0.3, -0.25) is 14.3 Å². The molecule has 0 fully saturated rings. The Morgan fingerprint density at radius 3 is 2.57 bits per heavy atom. The Morgan fingerprint density at radius 1 is 1.11 bits per heavy atom. The average molecular weight is 374 g/mol. The van der Waals surface area contributed by atoms with Gasteiger partial charge in [0.25, 0.3) is 5.91 Å². The SMILES string of the molecule is Cc1cccc(C(=O)N[C@H]2C(=O)Nc3c(c(C)nn3C)[C@@H]2c2ccccc2)c1. The normalized spacial score (nSPS) is 18.3. The molecule has 2 aromatic carbocycles. The van der Waals surface area contributed by atoms with Crippen LogP contribution in [0.15, 0.2) is 54.6 Å². The highest BCUT2D eigenvalue weighted by Crippen LogP contribution is 2.39. The van der Waals surface area contributed by atoms with Crippen LogP contribution >= 0.6 is 0 Å². The highest BCUT2D eigenvalue weighted by atomic mass is 16.2. The van der Waals surface area contributed by atoms with Crippen molar-refractivity contribution in [2.75, 3.05) is 5.32 Å². The standard InChI is InChI=1S/C22H22N4O2/c1-13-8-7-11-16(12-13)21(27)23-19-18(15-9-5-4-6-10-15)17-14(2)25-26(3)20(17)24-22(19)28/h4-12,18-19H,1-3H3,(H,23,27)(H,24,28)/t18-,19+/m0/s1. The average Bonchev–Trinajstić information content (AvgIpc) is 2.96. The minimum Gasteiger partial charge on any atom is -0.339 e. The minimum absolute atomic E-state index is 0.245. The smallest absolute Gasteiger partial charge is 0.251 e. The third-order valence-corrected chi connectivity index (χ3v) is 5.16. The number of carbonyl (C=O) groups is 2. The second-order valence-corrected chi connectivity index (χ2v) is 7.17. The predicted molar refractivity (Wildman–Crippen MR) is 107 cm³/mol. The van der Waals surface area contributed by atoms with Crippen molar-refractivity contribution >= 4 is 17.6 Å². The van der Waals surface area contributed by atoms with Gasteiger partial charge in [0.05, 0.1) is 5.69 Å². The number of benzene rings is 2. The van der Waals surface area contributed by atoms with Crippen molar-refractivity contribution in [2.24, 2.45) is 7.05 Å². The summed E-state index contributed by atoms with van der Waals surface area (Å²) in [6.45, 7) is 3.85. The van der Waals surface area contributed by atoms with Crippen molar-refractivity contribution in [1.29, 1.82) is 0 Å². The van der Waals surface area contributed by atoms with Gasteiger partial charge in [-0.15, -0.1) is 0 Å². The fraction of sp³-hybridized carbons (Fsp3) is 0.227. The zero-order valence-corrected chi connectivity index (χ0v) is 16.1. The number of amides is 2. The van der Waals surface area contributed by atoms with E-state index in [0.29, 0.717) is 11.4 Å². The summed E-state index contributed by atoms with van der Waals surface area (Å²) in [5.74, 6) is -0.148. The summed E-state index contributed by atoms with van der Waals surface area (Å²) in [6, 6.07) is 16.4. The lowest BCUT2D eigenvalue weighted by Crippen LogP contribution is -2.50. The number of nitrogens with one attached hydrogen (secondary N) is 2. The number of fused-ring (bicyclic) bond motifs is 1. The van der Waals surface area contributed by atoms with Crippen LogP contribution in [-0.2, 0) is 11.8 Å². The highest BCUT2D eigenvalue weighted by molar-refractivity contribution is 6.03.